The van der Waals surface area contributed by atoms with E-state index in [2.05, 4.69) is 15.9 Å². The summed E-state index contributed by atoms with van der Waals surface area (Å²) in [4.78, 5) is 13.8. The van der Waals surface area contributed by atoms with Gasteiger partial charge in [0, 0.05) is 23.1 Å². The Balaban J connectivity index is 2.22. The number of aryl methyl sites for hydroxylation is 1. The molecule has 0 bridgehead atoms. The van der Waals surface area contributed by atoms with Crippen LogP contribution in [-0.2, 0) is 0 Å². The van der Waals surface area contributed by atoms with Gasteiger partial charge in [0.25, 0.3) is 5.91 Å². The molecule has 1 heterocycles. The predicted octanol–water partition coefficient (Wildman–Crippen LogP) is 2.77. The topological polar surface area (TPSA) is 20.3 Å². The maximum Gasteiger partial charge on any atom is 0.254 e. The summed E-state index contributed by atoms with van der Waals surface area (Å²) in [5.74, 6) is 0.0979. The Bertz CT molecular complexity index is 418. The van der Waals surface area contributed by atoms with E-state index >= 15 is 0 Å². The molecule has 2 nitrogen and oxygen atoms in total. The Labute approximate surface area is 97.7 Å². The highest BCUT2D eigenvalue weighted by atomic mass is 79.9. The first-order chi connectivity index (χ1) is 7.18. The lowest BCUT2D eigenvalue weighted by Gasteiger charge is -2.15. The molecule has 3 heteroatoms. The number of rotatable bonds is 1. The van der Waals surface area contributed by atoms with Gasteiger partial charge in [-0.1, -0.05) is 34.1 Å². The fourth-order valence-electron chi connectivity index (χ4n) is 1.55. The molecule has 78 valence electrons. The number of benzene rings is 1. The van der Waals surface area contributed by atoms with Crippen molar-refractivity contribution in [3.8, 4) is 0 Å². The third kappa shape index (κ3) is 2.12. The molecular weight excluding hydrogens is 254 g/mol. The number of nitrogens with zero attached hydrogens (tertiary/aromatic N) is 1. The van der Waals surface area contributed by atoms with E-state index in [1.807, 2.05) is 42.2 Å². The summed E-state index contributed by atoms with van der Waals surface area (Å²) in [6.07, 6.45) is 4.03. The Hall–Kier alpha value is -1.09. The predicted molar refractivity (Wildman–Crippen MR) is 63.9 cm³/mol. The third-order valence-electron chi connectivity index (χ3n) is 2.52. The molecule has 0 aromatic heterocycles. The van der Waals surface area contributed by atoms with Gasteiger partial charge in [-0.05, 0) is 24.6 Å². The minimum atomic E-state index is 0.0979. The lowest BCUT2D eigenvalue weighted by atomic mass is 10.1. The highest BCUT2D eigenvalue weighted by Crippen LogP contribution is 2.19. The zero-order chi connectivity index (χ0) is 10.8. The van der Waals surface area contributed by atoms with Gasteiger partial charge < -0.3 is 4.90 Å². The Morgan fingerprint density at radius 1 is 1.33 bits per heavy atom. The highest BCUT2D eigenvalue weighted by molar-refractivity contribution is 9.10. The maximum atomic E-state index is 12.0. The molecule has 0 saturated heterocycles. The zero-order valence-corrected chi connectivity index (χ0v) is 10.1. The molecule has 1 aromatic carbocycles. The van der Waals surface area contributed by atoms with Gasteiger partial charge in [-0.15, -0.1) is 0 Å². The van der Waals surface area contributed by atoms with Crippen molar-refractivity contribution in [3.05, 3.63) is 46.0 Å². The Kier molecular flexibility index (Phi) is 2.91. The second-order valence-corrected chi connectivity index (χ2v) is 4.50. The highest BCUT2D eigenvalue weighted by Gasteiger charge is 2.16. The molecule has 1 amide bonds. The summed E-state index contributed by atoms with van der Waals surface area (Å²) >= 11 is 3.44. The lowest BCUT2D eigenvalue weighted by molar-refractivity contribution is 0.0800. The lowest BCUT2D eigenvalue weighted by Crippen LogP contribution is -2.28. The molecule has 0 atom stereocenters. The summed E-state index contributed by atoms with van der Waals surface area (Å²) in [6.45, 7) is 3.46. The maximum absolute atomic E-state index is 12.0. The zero-order valence-electron chi connectivity index (χ0n) is 8.53. The Morgan fingerprint density at radius 3 is 2.60 bits per heavy atom. The van der Waals surface area contributed by atoms with Crippen molar-refractivity contribution in [2.24, 2.45) is 0 Å². The molecule has 0 spiro atoms. The summed E-state index contributed by atoms with van der Waals surface area (Å²) in [6, 6.07) is 5.72. The molecule has 0 radical (unpaired) electrons. The minimum Gasteiger partial charge on any atom is -0.331 e. The van der Waals surface area contributed by atoms with Gasteiger partial charge in [0.15, 0.2) is 0 Å². The van der Waals surface area contributed by atoms with E-state index in [1.54, 1.807) is 0 Å². The van der Waals surface area contributed by atoms with Gasteiger partial charge in [-0.2, -0.15) is 0 Å². The van der Waals surface area contributed by atoms with Gasteiger partial charge in [0.05, 0.1) is 0 Å². The van der Waals surface area contributed by atoms with Crippen molar-refractivity contribution in [2.45, 2.75) is 6.92 Å². The molecule has 0 saturated carbocycles. The fourth-order valence-corrected chi connectivity index (χ4v) is 1.93. The largest absolute Gasteiger partial charge is 0.331 e. The van der Waals surface area contributed by atoms with E-state index in [0.29, 0.717) is 0 Å². The average Bonchev–Trinajstić information content (AvgIpc) is 2.74. The van der Waals surface area contributed by atoms with Crippen LogP contribution in [0.4, 0.5) is 0 Å². The normalized spacial score (nSPS) is 14.7. The molecule has 0 unspecified atom stereocenters. The number of amides is 1. The van der Waals surface area contributed by atoms with Crippen molar-refractivity contribution >= 4 is 21.8 Å². The second kappa shape index (κ2) is 4.19. The number of carbonyl (C=O) groups is 1. The second-order valence-electron chi connectivity index (χ2n) is 3.65. The Morgan fingerprint density at radius 2 is 2.00 bits per heavy atom. The molecular formula is C12H12BrNO. The molecule has 0 fully saturated rings. The van der Waals surface area contributed by atoms with Crippen molar-refractivity contribution < 1.29 is 4.79 Å². The molecule has 2 rings (SSSR count). The fraction of sp³-hybridized carbons (Fsp3) is 0.250. The standard InChI is InChI=1S/C12H12BrNO/c1-9-4-5-10(8-11(9)13)12(15)14-6-2-3-7-14/h2-5,8H,6-7H2,1H3. The molecule has 0 N–H and O–H groups in total. The van der Waals surface area contributed by atoms with Crippen LogP contribution in [0.15, 0.2) is 34.8 Å². The van der Waals surface area contributed by atoms with Gasteiger partial charge in [0.2, 0.25) is 0 Å². The van der Waals surface area contributed by atoms with Gasteiger partial charge in [-0.25, -0.2) is 0 Å². The molecule has 1 aliphatic rings. The molecule has 0 aliphatic carbocycles. The van der Waals surface area contributed by atoms with Crippen LogP contribution in [-0.4, -0.2) is 23.9 Å². The molecule has 1 aliphatic heterocycles. The van der Waals surface area contributed by atoms with E-state index in [9.17, 15) is 4.79 Å². The summed E-state index contributed by atoms with van der Waals surface area (Å²) in [7, 11) is 0. The first-order valence-corrected chi connectivity index (χ1v) is 5.68. The minimum absolute atomic E-state index is 0.0979. The van der Waals surface area contributed by atoms with Crippen LogP contribution >= 0.6 is 15.9 Å². The first-order valence-electron chi connectivity index (χ1n) is 4.89. The summed E-state index contributed by atoms with van der Waals surface area (Å²) in [5, 5.41) is 0. The SMILES string of the molecule is Cc1ccc(C(=O)N2CC=CC2)cc1Br. The van der Waals surface area contributed by atoms with E-state index in [0.717, 1.165) is 28.7 Å². The quantitative estimate of drug-likeness (QED) is 0.716. The van der Waals surface area contributed by atoms with Crippen LogP contribution < -0.4 is 0 Å². The molecule has 15 heavy (non-hydrogen) atoms. The number of hydrogen-bond donors (Lipinski definition) is 0. The van der Waals surface area contributed by atoms with Crippen LogP contribution in [0, 0.1) is 6.92 Å². The van der Waals surface area contributed by atoms with Crippen LogP contribution in [0.1, 0.15) is 15.9 Å². The smallest absolute Gasteiger partial charge is 0.254 e. The summed E-state index contributed by atoms with van der Waals surface area (Å²) in [5.41, 5.74) is 1.89. The third-order valence-corrected chi connectivity index (χ3v) is 3.38. The van der Waals surface area contributed by atoms with Gasteiger partial charge >= 0.3 is 0 Å². The van der Waals surface area contributed by atoms with Crippen molar-refractivity contribution in [2.75, 3.05) is 13.1 Å². The van der Waals surface area contributed by atoms with Crippen LogP contribution in [0.5, 0.6) is 0 Å². The number of hydrogen-bond acceptors (Lipinski definition) is 1. The van der Waals surface area contributed by atoms with Crippen molar-refractivity contribution in [1.29, 1.82) is 0 Å². The number of carbonyl (C=O) groups excluding carboxylic acids is 1. The monoisotopic (exact) mass is 265 g/mol. The molecule has 1 aromatic rings. The average molecular weight is 266 g/mol. The van der Waals surface area contributed by atoms with E-state index in [-0.39, 0.29) is 5.91 Å². The number of halogens is 1. The van der Waals surface area contributed by atoms with Crippen LogP contribution in [0.25, 0.3) is 0 Å². The van der Waals surface area contributed by atoms with E-state index in [1.165, 1.54) is 0 Å². The van der Waals surface area contributed by atoms with Crippen LogP contribution in [0.3, 0.4) is 0 Å². The van der Waals surface area contributed by atoms with Gasteiger partial charge in [0.1, 0.15) is 0 Å². The van der Waals surface area contributed by atoms with E-state index < -0.39 is 0 Å². The van der Waals surface area contributed by atoms with E-state index in [4.69, 9.17) is 0 Å². The van der Waals surface area contributed by atoms with Crippen molar-refractivity contribution in [3.63, 3.8) is 0 Å². The van der Waals surface area contributed by atoms with Crippen molar-refractivity contribution in [1.82, 2.24) is 4.90 Å². The van der Waals surface area contributed by atoms with Gasteiger partial charge in [-0.3, -0.25) is 4.79 Å². The first kappa shape index (κ1) is 10.4. The van der Waals surface area contributed by atoms with Crippen LogP contribution in [0.2, 0.25) is 0 Å². The summed E-state index contributed by atoms with van der Waals surface area (Å²) < 4.78 is 0.987.